The van der Waals surface area contributed by atoms with Crippen LogP contribution in [0.3, 0.4) is 0 Å². The second kappa shape index (κ2) is 10.6. The van der Waals surface area contributed by atoms with Crippen LogP contribution in [0.15, 0.2) is 46.7 Å². The van der Waals surface area contributed by atoms with E-state index in [0.717, 1.165) is 11.1 Å². The van der Waals surface area contributed by atoms with E-state index in [1.54, 1.807) is 18.4 Å². The predicted octanol–water partition coefficient (Wildman–Crippen LogP) is 3.39. The van der Waals surface area contributed by atoms with Crippen LogP contribution in [0.4, 0.5) is 0 Å². The van der Waals surface area contributed by atoms with Crippen molar-refractivity contribution in [3.8, 4) is 0 Å². The van der Waals surface area contributed by atoms with E-state index in [1.807, 2.05) is 20.8 Å². The third-order valence-electron chi connectivity index (χ3n) is 1.26. The van der Waals surface area contributed by atoms with Gasteiger partial charge in [0.1, 0.15) is 0 Å². The van der Waals surface area contributed by atoms with Crippen LogP contribution in [0.25, 0.3) is 0 Å². The van der Waals surface area contributed by atoms with Gasteiger partial charge in [-0.1, -0.05) is 39.2 Å². The maximum absolute atomic E-state index is 3.62. The Labute approximate surface area is 81.1 Å². The molecule has 0 aliphatic heterocycles. The van der Waals surface area contributed by atoms with Gasteiger partial charge in [0.15, 0.2) is 0 Å². The van der Waals surface area contributed by atoms with Crippen LogP contribution >= 0.6 is 0 Å². The van der Waals surface area contributed by atoms with Crippen molar-refractivity contribution < 1.29 is 0 Å². The van der Waals surface area contributed by atoms with Crippen molar-refractivity contribution in [2.45, 2.75) is 20.8 Å². The first-order valence-corrected chi connectivity index (χ1v) is 4.21. The number of hydrogen-bond acceptors (Lipinski definition) is 2. The minimum Gasteiger partial charge on any atom is -0.167 e. The third kappa shape index (κ3) is 6.94. The van der Waals surface area contributed by atoms with Crippen molar-refractivity contribution in [2.24, 2.45) is 10.2 Å². The number of rotatable bonds is 4. The highest BCUT2D eigenvalue weighted by Gasteiger charge is 1.88. The van der Waals surface area contributed by atoms with Gasteiger partial charge in [0.2, 0.25) is 0 Å². The van der Waals surface area contributed by atoms with Gasteiger partial charge in [-0.15, -0.1) is 0 Å². The Hall–Kier alpha value is -1.44. The average Bonchev–Trinajstić information content (AvgIpc) is 2.21. The van der Waals surface area contributed by atoms with Crippen molar-refractivity contribution in [1.82, 2.24) is 0 Å². The molecule has 0 aliphatic rings. The first-order valence-electron chi connectivity index (χ1n) is 4.21. The molecular weight excluding hydrogens is 160 g/mol. The Morgan fingerprint density at radius 3 is 2.00 bits per heavy atom. The Morgan fingerprint density at radius 2 is 1.69 bits per heavy atom. The highest BCUT2D eigenvalue weighted by molar-refractivity contribution is 5.83. The van der Waals surface area contributed by atoms with Crippen molar-refractivity contribution in [2.75, 3.05) is 0 Å². The molecule has 0 bridgehead atoms. The topological polar surface area (TPSA) is 24.7 Å². The van der Waals surface area contributed by atoms with Crippen LogP contribution in [0.2, 0.25) is 0 Å². The fourth-order valence-electron chi connectivity index (χ4n) is 0.536. The summed E-state index contributed by atoms with van der Waals surface area (Å²) in [6.07, 6.45) is 5.04. The first-order chi connectivity index (χ1) is 6.26. The van der Waals surface area contributed by atoms with Crippen LogP contribution in [0.5, 0.6) is 0 Å². The molecule has 0 unspecified atom stereocenters. The Bertz CT molecular complexity index is 222. The van der Waals surface area contributed by atoms with Crippen molar-refractivity contribution >= 4 is 12.9 Å². The van der Waals surface area contributed by atoms with E-state index < -0.39 is 0 Å². The number of allylic oxidation sites excluding steroid dienone is 4. The summed E-state index contributed by atoms with van der Waals surface area (Å²) in [5, 5.41) is 6.97. The van der Waals surface area contributed by atoms with Gasteiger partial charge in [0.25, 0.3) is 0 Å². The molecule has 72 valence electrons. The van der Waals surface area contributed by atoms with E-state index in [9.17, 15) is 0 Å². The summed E-state index contributed by atoms with van der Waals surface area (Å²) in [5.41, 5.74) is 1.93. The summed E-state index contributed by atoms with van der Waals surface area (Å²) >= 11 is 0. The second-order valence-electron chi connectivity index (χ2n) is 1.93. The summed E-state index contributed by atoms with van der Waals surface area (Å²) in [6.45, 7) is 16.4. The van der Waals surface area contributed by atoms with Crippen LogP contribution in [-0.2, 0) is 0 Å². The van der Waals surface area contributed by atoms with Gasteiger partial charge in [0, 0.05) is 6.72 Å². The lowest BCUT2D eigenvalue weighted by Crippen LogP contribution is -1.82. The molecule has 0 spiro atoms. The molecule has 0 aromatic heterocycles. The minimum absolute atomic E-state index is 0.910. The summed E-state index contributed by atoms with van der Waals surface area (Å²) in [7, 11) is 0. The van der Waals surface area contributed by atoms with E-state index >= 15 is 0 Å². The third-order valence-corrected chi connectivity index (χ3v) is 1.26. The molecular formula is C11H18N2. The Kier molecular flexibility index (Phi) is 11.5. The quantitative estimate of drug-likeness (QED) is 0.358. The van der Waals surface area contributed by atoms with Gasteiger partial charge in [-0.3, -0.25) is 0 Å². The SMILES string of the molecule is C=C/C(C)=C(C=C)/C=N\N=C.CC. The Morgan fingerprint density at radius 1 is 1.15 bits per heavy atom. The molecule has 0 atom stereocenters. The van der Waals surface area contributed by atoms with Crippen LogP contribution in [-0.4, -0.2) is 12.9 Å². The van der Waals surface area contributed by atoms with Crippen LogP contribution in [0, 0.1) is 0 Å². The molecule has 0 aliphatic carbocycles. The number of nitrogens with zero attached hydrogens (tertiary/aromatic N) is 2. The molecule has 13 heavy (non-hydrogen) atoms. The zero-order valence-electron chi connectivity index (χ0n) is 8.75. The van der Waals surface area contributed by atoms with Gasteiger partial charge >= 0.3 is 0 Å². The summed E-state index contributed by atoms with van der Waals surface area (Å²) < 4.78 is 0. The normalized spacial score (nSPS) is 11.0. The monoisotopic (exact) mass is 178 g/mol. The van der Waals surface area contributed by atoms with E-state index in [4.69, 9.17) is 0 Å². The fraction of sp³-hybridized carbons (Fsp3) is 0.273. The van der Waals surface area contributed by atoms with Gasteiger partial charge in [0.05, 0.1) is 6.21 Å². The highest BCUT2D eigenvalue weighted by Crippen LogP contribution is 2.02. The zero-order valence-corrected chi connectivity index (χ0v) is 8.75. The summed E-state index contributed by atoms with van der Waals surface area (Å²) in [4.78, 5) is 0. The van der Waals surface area contributed by atoms with Crippen LogP contribution in [0.1, 0.15) is 20.8 Å². The van der Waals surface area contributed by atoms with E-state index in [0.29, 0.717) is 0 Å². The molecule has 0 aromatic rings. The predicted molar refractivity (Wildman–Crippen MR) is 62.5 cm³/mol. The average molecular weight is 178 g/mol. The molecule has 0 rings (SSSR count). The summed E-state index contributed by atoms with van der Waals surface area (Å²) in [6, 6.07) is 0. The van der Waals surface area contributed by atoms with Crippen LogP contribution < -0.4 is 0 Å². The Balaban J connectivity index is 0. The highest BCUT2D eigenvalue weighted by atomic mass is 15.2. The smallest absolute Gasteiger partial charge is 0.0570 e. The lowest BCUT2D eigenvalue weighted by molar-refractivity contribution is 1.28. The second-order valence-corrected chi connectivity index (χ2v) is 1.93. The van der Waals surface area contributed by atoms with Crippen molar-refractivity contribution in [3.63, 3.8) is 0 Å². The first kappa shape index (κ1) is 14.1. The molecule has 0 aromatic carbocycles. The molecule has 2 heteroatoms. The molecule has 0 amide bonds. The molecule has 0 heterocycles. The standard InChI is InChI=1S/C9H12N2.C2H6/c1-5-8(3)9(6-2)7-11-10-4;1-2/h5-7H,1-2,4H2,3H3;1-2H3/b9-8+,11-7-;. The minimum atomic E-state index is 0.910. The maximum Gasteiger partial charge on any atom is 0.0570 e. The van der Waals surface area contributed by atoms with E-state index in [2.05, 4.69) is 30.1 Å². The zero-order chi connectivity index (χ0) is 10.7. The molecule has 0 saturated carbocycles. The van der Waals surface area contributed by atoms with E-state index in [-0.39, 0.29) is 0 Å². The summed E-state index contributed by atoms with van der Waals surface area (Å²) in [5.74, 6) is 0. The largest absolute Gasteiger partial charge is 0.167 e. The van der Waals surface area contributed by atoms with Gasteiger partial charge < -0.3 is 0 Å². The van der Waals surface area contributed by atoms with Gasteiger partial charge in [-0.05, 0) is 18.1 Å². The number of hydrogen-bond donors (Lipinski definition) is 0. The molecule has 0 N–H and O–H groups in total. The van der Waals surface area contributed by atoms with Crippen molar-refractivity contribution in [3.05, 3.63) is 36.5 Å². The lowest BCUT2D eigenvalue weighted by atomic mass is 10.1. The molecule has 2 nitrogen and oxygen atoms in total. The maximum atomic E-state index is 3.62. The molecule has 0 radical (unpaired) electrons. The van der Waals surface area contributed by atoms with E-state index in [1.165, 1.54) is 0 Å². The van der Waals surface area contributed by atoms with Gasteiger partial charge in [-0.2, -0.15) is 10.2 Å². The molecule has 0 fully saturated rings. The molecule has 0 saturated heterocycles. The van der Waals surface area contributed by atoms with Crippen molar-refractivity contribution in [1.29, 1.82) is 0 Å². The lowest BCUT2D eigenvalue weighted by Gasteiger charge is -1.94. The fourth-order valence-corrected chi connectivity index (χ4v) is 0.536. The van der Waals surface area contributed by atoms with Gasteiger partial charge in [-0.25, -0.2) is 0 Å².